The second kappa shape index (κ2) is 5.20. The number of nitro groups is 1. The van der Waals surface area contributed by atoms with Crippen LogP contribution in [0.4, 0.5) is 11.5 Å². The lowest BCUT2D eigenvalue weighted by atomic mass is 9.95. The number of anilines is 1. The largest absolute Gasteiger partial charge is 0.356 e. The van der Waals surface area contributed by atoms with Crippen LogP contribution < -0.4 is 10.6 Å². The minimum Gasteiger partial charge on any atom is -0.356 e. The molecule has 1 aliphatic rings. The van der Waals surface area contributed by atoms with Crippen LogP contribution in [0, 0.1) is 27.4 Å². The molecule has 1 aromatic heterocycles. The van der Waals surface area contributed by atoms with E-state index in [9.17, 15) is 10.1 Å². The fraction of sp³-hybridized carbons (Fsp3) is 0.500. The van der Waals surface area contributed by atoms with Gasteiger partial charge >= 0.3 is 5.69 Å². The molecule has 7 nitrogen and oxygen atoms in total. The normalized spacial score (nSPS) is 22.9. The van der Waals surface area contributed by atoms with E-state index < -0.39 is 4.92 Å². The highest BCUT2D eigenvalue weighted by atomic mass is 16.6. The van der Waals surface area contributed by atoms with Gasteiger partial charge in [0.15, 0.2) is 0 Å². The summed E-state index contributed by atoms with van der Waals surface area (Å²) in [4.78, 5) is 16.2. The molecule has 1 aromatic rings. The molecule has 2 atom stereocenters. The topological polar surface area (TPSA) is 109 Å². The van der Waals surface area contributed by atoms with Crippen LogP contribution in [0.5, 0.6) is 0 Å². The van der Waals surface area contributed by atoms with E-state index in [0.717, 1.165) is 19.5 Å². The first kappa shape index (κ1) is 13.2. The summed E-state index contributed by atoms with van der Waals surface area (Å²) in [6.07, 6.45) is 0.849. The number of nitrogens with two attached hydrogens (primary N) is 1. The Hall–Kier alpha value is -2.20. The highest BCUT2D eigenvalue weighted by Gasteiger charge is 2.25. The molecule has 0 spiro atoms. The number of nitrogens with zero attached hydrogens (tertiary/aromatic N) is 4. The van der Waals surface area contributed by atoms with E-state index in [1.54, 1.807) is 12.1 Å². The van der Waals surface area contributed by atoms with Crippen molar-refractivity contribution in [1.82, 2.24) is 4.98 Å². The monoisotopic (exact) mass is 261 g/mol. The van der Waals surface area contributed by atoms with Gasteiger partial charge in [0, 0.05) is 25.2 Å². The SMILES string of the molecule is CC1CN(c2ccc([N+](=O)[O-])c(C#N)n2)CCC1N. The lowest BCUT2D eigenvalue weighted by Crippen LogP contribution is -2.46. The molecule has 0 radical (unpaired) electrons. The molecular formula is C12H15N5O2. The summed E-state index contributed by atoms with van der Waals surface area (Å²) in [6, 6.07) is 4.86. The third-order valence-corrected chi connectivity index (χ3v) is 3.46. The average Bonchev–Trinajstić information content (AvgIpc) is 2.41. The van der Waals surface area contributed by atoms with Crippen molar-refractivity contribution in [2.75, 3.05) is 18.0 Å². The summed E-state index contributed by atoms with van der Waals surface area (Å²) < 4.78 is 0. The van der Waals surface area contributed by atoms with Gasteiger partial charge in [-0.15, -0.1) is 0 Å². The number of hydrogen-bond acceptors (Lipinski definition) is 6. The fourth-order valence-corrected chi connectivity index (χ4v) is 2.22. The van der Waals surface area contributed by atoms with E-state index in [-0.39, 0.29) is 17.4 Å². The zero-order valence-electron chi connectivity index (χ0n) is 10.6. The molecular weight excluding hydrogens is 246 g/mol. The average molecular weight is 261 g/mol. The Kier molecular flexibility index (Phi) is 3.62. The number of piperidine rings is 1. The van der Waals surface area contributed by atoms with E-state index in [0.29, 0.717) is 11.7 Å². The minimum absolute atomic E-state index is 0.148. The van der Waals surface area contributed by atoms with Crippen molar-refractivity contribution in [3.05, 3.63) is 27.9 Å². The third kappa shape index (κ3) is 2.63. The Bertz CT molecular complexity index is 539. The van der Waals surface area contributed by atoms with Crippen LogP contribution in [0.2, 0.25) is 0 Å². The van der Waals surface area contributed by atoms with Crippen LogP contribution in [-0.4, -0.2) is 29.0 Å². The Labute approximate surface area is 110 Å². The molecule has 2 N–H and O–H groups in total. The van der Waals surface area contributed by atoms with E-state index in [1.165, 1.54) is 6.07 Å². The molecule has 100 valence electrons. The van der Waals surface area contributed by atoms with Crippen LogP contribution in [0.3, 0.4) is 0 Å². The van der Waals surface area contributed by atoms with Crippen LogP contribution in [0.15, 0.2) is 12.1 Å². The van der Waals surface area contributed by atoms with Crippen LogP contribution in [-0.2, 0) is 0 Å². The lowest BCUT2D eigenvalue weighted by molar-refractivity contribution is -0.385. The standard InChI is InChI=1S/C12H15N5O2/c1-8-7-16(5-4-9(8)14)12-3-2-11(17(18)19)10(6-13)15-12/h2-3,8-9H,4-5,7,14H2,1H3. The highest BCUT2D eigenvalue weighted by molar-refractivity contribution is 5.51. The van der Waals surface area contributed by atoms with Crippen molar-refractivity contribution in [2.24, 2.45) is 11.7 Å². The zero-order chi connectivity index (χ0) is 14.0. The fourth-order valence-electron chi connectivity index (χ4n) is 2.22. The molecule has 0 bridgehead atoms. The molecule has 0 aromatic carbocycles. The van der Waals surface area contributed by atoms with Gasteiger partial charge < -0.3 is 10.6 Å². The van der Waals surface area contributed by atoms with E-state index in [1.807, 2.05) is 4.90 Å². The van der Waals surface area contributed by atoms with Gasteiger partial charge in [-0.05, 0) is 18.4 Å². The molecule has 19 heavy (non-hydrogen) atoms. The Morgan fingerprint density at radius 1 is 1.63 bits per heavy atom. The first-order valence-electron chi connectivity index (χ1n) is 6.09. The summed E-state index contributed by atoms with van der Waals surface area (Å²) in [7, 11) is 0. The molecule has 1 saturated heterocycles. The molecule has 2 rings (SSSR count). The van der Waals surface area contributed by atoms with Gasteiger partial charge in [0.25, 0.3) is 0 Å². The van der Waals surface area contributed by atoms with E-state index in [2.05, 4.69) is 11.9 Å². The van der Waals surface area contributed by atoms with Gasteiger partial charge in [-0.2, -0.15) is 5.26 Å². The molecule has 0 amide bonds. The number of pyridine rings is 1. The molecule has 2 unspecified atom stereocenters. The third-order valence-electron chi connectivity index (χ3n) is 3.46. The van der Waals surface area contributed by atoms with Crippen molar-refractivity contribution in [3.8, 4) is 6.07 Å². The van der Waals surface area contributed by atoms with E-state index >= 15 is 0 Å². The van der Waals surface area contributed by atoms with Crippen molar-refractivity contribution < 1.29 is 4.92 Å². The van der Waals surface area contributed by atoms with Crippen molar-refractivity contribution in [2.45, 2.75) is 19.4 Å². The molecule has 2 heterocycles. The molecule has 0 saturated carbocycles. The number of hydrogen-bond donors (Lipinski definition) is 1. The smallest absolute Gasteiger partial charge is 0.305 e. The summed E-state index contributed by atoms with van der Waals surface area (Å²) >= 11 is 0. The quantitative estimate of drug-likeness (QED) is 0.629. The van der Waals surface area contributed by atoms with Gasteiger partial charge in [-0.25, -0.2) is 4.98 Å². The summed E-state index contributed by atoms with van der Waals surface area (Å²) in [5, 5.41) is 19.7. The Morgan fingerprint density at radius 2 is 2.37 bits per heavy atom. The molecule has 7 heteroatoms. The van der Waals surface area contributed by atoms with Crippen molar-refractivity contribution >= 4 is 11.5 Å². The van der Waals surface area contributed by atoms with Gasteiger partial charge in [0.2, 0.25) is 5.69 Å². The predicted octanol–water partition coefficient (Wildman–Crippen LogP) is 1.03. The molecule has 0 aliphatic carbocycles. The minimum atomic E-state index is -0.593. The number of rotatable bonds is 2. The Morgan fingerprint density at radius 3 is 2.95 bits per heavy atom. The molecule has 1 aliphatic heterocycles. The van der Waals surface area contributed by atoms with Crippen molar-refractivity contribution in [3.63, 3.8) is 0 Å². The summed E-state index contributed by atoms with van der Waals surface area (Å²) in [6.45, 7) is 3.56. The van der Waals surface area contributed by atoms with Crippen LogP contribution in [0.1, 0.15) is 19.0 Å². The van der Waals surface area contributed by atoms with Gasteiger partial charge in [-0.3, -0.25) is 10.1 Å². The molecule has 1 fully saturated rings. The van der Waals surface area contributed by atoms with Gasteiger partial charge in [0.1, 0.15) is 11.9 Å². The maximum absolute atomic E-state index is 10.7. The maximum atomic E-state index is 10.7. The first-order valence-corrected chi connectivity index (χ1v) is 6.09. The van der Waals surface area contributed by atoms with Crippen LogP contribution in [0.25, 0.3) is 0 Å². The lowest BCUT2D eigenvalue weighted by Gasteiger charge is -2.35. The second-order valence-electron chi connectivity index (χ2n) is 4.78. The van der Waals surface area contributed by atoms with Crippen LogP contribution >= 0.6 is 0 Å². The van der Waals surface area contributed by atoms with Gasteiger partial charge in [0.05, 0.1) is 4.92 Å². The Balaban J connectivity index is 2.27. The maximum Gasteiger partial charge on any atom is 0.305 e. The predicted molar refractivity (Wildman–Crippen MR) is 69.6 cm³/mol. The highest BCUT2D eigenvalue weighted by Crippen LogP contribution is 2.24. The first-order chi connectivity index (χ1) is 9.02. The zero-order valence-corrected chi connectivity index (χ0v) is 10.6. The summed E-state index contributed by atoms with van der Waals surface area (Å²) in [5.74, 6) is 0.928. The number of nitriles is 1. The van der Waals surface area contributed by atoms with Crippen molar-refractivity contribution in [1.29, 1.82) is 5.26 Å². The van der Waals surface area contributed by atoms with E-state index in [4.69, 9.17) is 11.0 Å². The van der Waals surface area contributed by atoms with Gasteiger partial charge in [-0.1, -0.05) is 6.92 Å². The number of aromatic nitrogens is 1. The second-order valence-corrected chi connectivity index (χ2v) is 4.78. The summed E-state index contributed by atoms with van der Waals surface area (Å²) in [5.41, 5.74) is 5.55.